The molecule has 0 fully saturated rings. The Labute approximate surface area is 224 Å². The van der Waals surface area contributed by atoms with Crippen molar-refractivity contribution in [3.8, 4) is 23.1 Å². The Hall–Kier alpha value is -5.49. The van der Waals surface area contributed by atoms with Crippen molar-refractivity contribution in [3.63, 3.8) is 0 Å². The molecule has 6 rings (SSSR count). The molecule has 0 saturated carbocycles. The minimum Gasteiger partial charge on any atom is -0.381 e. The molecule has 4 heterocycles. The van der Waals surface area contributed by atoms with E-state index in [1.807, 2.05) is 73.7 Å². The number of nitrogen functional groups attached to an aromatic ring is 1. The first-order valence-electron chi connectivity index (χ1n) is 12.5. The summed E-state index contributed by atoms with van der Waals surface area (Å²) in [6.07, 6.45) is 7.10. The Morgan fingerprint density at radius 2 is 1.87 bits per heavy atom. The summed E-state index contributed by atoms with van der Waals surface area (Å²) in [6.45, 7) is 2.47. The number of pyridine rings is 1. The van der Waals surface area contributed by atoms with Gasteiger partial charge in [-0.15, -0.1) is 5.10 Å². The van der Waals surface area contributed by atoms with Crippen LogP contribution in [0.25, 0.3) is 28.5 Å². The number of rotatable bonds is 4. The van der Waals surface area contributed by atoms with E-state index >= 15 is 0 Å². The van der Waals surface area contributed by atoms with Crippen LogP contribution >= 0.6 is 0 Å². The van der Waals surface area contributed by atoms with Crippen LogP contribution in [0.15, 0.2) is 79.1 Å². The number of fused-ring (bicyclic) bond motifs is 2. The van der Waals surface area contributed by atoms with Crippen molar-refractivity contribution >= 4 is 34.8 Å². The van der Waals surface area contributed by atoms with Crippen molar-refractivity contribution in [1.82, 2.24) is 30.0 Å². The number of carbonyl (C=O) groups excluding carboxylic acids is 1. The standard InChI is InChI=1S/C30H24N8O/c1-19(34-30(39)24-28(31)37-38-18-6-15-33-29(24)38)25-27(21-7-3-2-4-8-21)36-26-22(9-5-10-23(26)35-25)12-11-20-13-16-32-17-14-20/h2-10,13-14,16-19,33H,15H2,1H3,(H2,31,37)(H,34,39). The van der Waals surface area contributed by atoms with Crippen LogP contribution in [0, 0.1) is 11.8 Å². The van der Waals surface area contributed by atoms with Crippen LogP contribution < -0.4 is 16.4 Å². The largest absolute Gasteiger partial charge is 0.381 e. The molecule has 0 aliphatic carbocycles. The molecular formula is C30H24N8O. The van der Waals surface area contributed by atoms with Gasteiger partial charge >= 0.3 is 0 Å². The lowest BCUT2D eigenvalue weighted by Gasteiger charge is -2.19. The van der Waals surface area contributed by atoms with Gasteiger partial charge in [0.2, 0.25) is 0 Å². The second-order valence-electron chi connectivity index (χ2n) is 9.00. The van der Waals surface area contributed by atoms with Crippen molar-refractivity contribution in [2.75, 3.05) is 17.6 Å². The summed E-state index contributed by atoms with van der Waals surface area (Å²) in [4.78, 5) is 27.5. The molecule has 1 atom stereocenters. The van der Waals surface area contributed by atoms with E-state index in [-0.39, 0.29) is 11.7 Å². The molecule has 39 heavy (non-hydrogen) atoms. The number of nitrogens with one attached hydrogen (secondary N) is 2. The summed E-state index contributed by atoms with van der Waals surface area (Å²) in [7, 11) is 0. The first-order valence-corrected chi connectivity index (χ1v) is 12.5. The van der Waals surface area contributed by atoms with Gasteiger partial charge in [0.1, 0.15) is 16.9 Å². The molecule has 0 spiro atoms. The van der Waals surface area contributed by atoms with Crippen LogP contribution in [0.4, 0.5) is 11.6 Å². The van der Waals surface area contributed by atoms with Crippen LogP contribution in [0.3, 0.4) is 0 Å². The highest BCUT2D eigenvalue weighted by Crippen LogP contribution is 2.30. The molecule has 1 aliphatic rings. The molecule has 1 aliphatic heterocycles. The van der Waals surface area contributed by atoms with E-state index in [2.05, 4.69) is 32.6 Å². The Kier molecular flexibility index (Phi) is 6.19. The summed E-state index contributed by atoms with van der Waals surface area (Å²) >= 11 is 0. The van der Waals surface area contributed by atoms with Gasteiger partial charge in [0.15, 0.2) is 5.82 Å². The lowest BCUT2D eigenvalue weighted by atomic mass is 10.0. The highest BCUT2D eigenvalue weighted by molar-refractivity contribution is 6.04. The summed E-state index contributed by atoms with van der Waals surface area (Å²) in [6, 6.07) is 18.8. The number of aromatic nitrogens is 5. The van der Waals surface area contributed by atoms with Gasteiger partial charge in [-0.1, -0.05) is 48.2 Å². The maximum atomic E-state index is 13.4. The zero-order valence-electron chi connectivity index (χ0n) is 21.1. The van der Waals surface area contributed by atoms with Crippen LogP contribution in [0.5, 0.6) is 0 Å². The average molecular weight is 513 g/mol. The van der Waals surface area contributed by atoms with Crippen molar-refractivity contribution in [1.29, 1.82) is 0 Å². The van der Waals surface area contributed by atoms with Crippen LogP contribution in [-0.2, 0) is 0 Å². The predicted octanol–water partition coefficient (Wildman–Crippen LogP) is 4.26. The first-order chi connectivity index (χ1) is 19.1. The van der Waals surface area contributed by atoms with Gasteiger partial charge in [0.05, 0.1) is 28.5 Å². The van der Waals surface area contributed by atoms with Gasteiger partial charge < -0.3 is 16.4 Å². The fraction of sp³-hybridized carbons (Fsp3) is 0.100. The number of hydrogen-bond acceptors (Lipinski definition) is 7. The van der Waals surface area contributed by atoms with E-state index in [1.165, 1.54) is 0 Å². The minimum atomic E-state index is -0.481. The van der Waals surface area contributed by atoms with Crippen molar-refractivity contribution < 1.29 is 4.79 Å². The SMILES string of the molecule is CC(NC(=O)c1c(N)nn2c1NCC=C2)c1nc2cccc(C#Cc3ccncc3)c2nc1-c1ccccc1. The van der Waals surface area contributed by atoms with Crippen molar-refractivity contribution in [3.05, 3.63) is 102 Å². The van der Waals surface area contributed by atoms with Crippen LogP contribution in [-0.4, -0.2) is 37.2 Å². The number of nitrogens with zero attached hydrogens (tertiary/aromatic N) is 5. The minimum absolute atomic E-state index is 0.152. The van der Waals surface area contributed by atoms with Crippen molar-refractivity contribution in [2.45, 2.75) is 13.0 Å². The van der Waals surface area contributed by atoms with E-state index in [4.69, 9.17) is 15.7 Å². The average Bonchev–Trinajstić information content (AvgIpc) is 3.32. The molecule has 190 valence electrons. The molecule has 9 nitrogen and oxygen atoms in total. The van der Waals surface area contributed by atoms with Gasteiger partial charge in [0.25, 0.3) is 5.91 Å². The smallest absolute Gasteiger partial charge is 0.259 e. The molecule has 2 aromatic carbocycles. The quantitative estimate of drug-likeness (QED) is 0.308. The molecule has 4 N–H and O–H groups in total. The van der Waals surface area contributed by atoms with Crippen LogP contribution in [0.1, 0.15) is 40.1 Å². The molecule has 0 bridgehead atoms. The second kappa shape index (κ2) is 10.1. The Bertz CT molecular complexity index is 1780. The lowest BCUT2D eigenvalue weighted by molar-refractivity contribution is 0.0941. The van der Waals surface area contributed by atoms with E-state index in [0.717, 1.165) is 16.7 Å². The molecule has 1 unspecified atom stereocenters. The molecular weight excluding hydrogens is 488 g/mol. The summed E-state index contributed by atoms with van der Waals surface area (Å²) < 4.78 is 1.57. The molecule has 5 aromatic rings. The Balaban J connectivity index is 1.42. The van der Waals surface area contributed by atoms with E-state index in [0.29, 0.717) is 40.3 Å². The summed E-state index contributed by atoms with van der Waals surface area (Å²) in [5, 5.41) is 10.5. The number of benzene rings is 2. The number of amides is 1. The van der Waals surface area contributed by atoms with E-state index < -0.39 is 6.04 Å². The fourth-order valence-electron chi connectivity index (χ4n) is 4.48. The van der Waals surface area contributed by atoms with Gasteiger partial charge in [-0.25, -0.2) is 14.6 Å². The van der Waals surface area contributed by atoms with Crippen molar-refractivity contribution in [2.24, 2.45) is 0 Å². The van der Waals surface area contributed by atoms with Gasteiger partial charge in [-0.05, 0) is 37.3 Å². The predicted molar refractivity (Wildman–Crippen MR) is 152 cm³/mol. The molecule has 0 saturated heterocycles. The fourth-order valence-corrected chi connectivity index (χ4v) is 4.48. The lowest BCUT2D eigenvalue weighted by Crippen LogP contribution is -2.29. The highest BCUT2D eigenvalue weighted by atomic mass is 16.1. The maximum Gasteiger partial charge on any atom is 0.259 e. The van der Waals surface area contributed by atoms with Gasteiger partial charge in [-0.2, -0.15) is 0 Å². The van der Waals surface area contributed by atoms with Crippen LogP contribution in [0.2, 0.25) is 0 Å². The van der Waals surface area contributed by atoms with E-state index in [9.17, 15) is 4.79 Å². The number of anilines is 2. The zero-order chi connectivity index (χ0) is 26.8. The first kappa shape index (κ1) is 23.9. The normalized spacial score (nSPS) is 12.6. The van der Waals surface area contributed by atoms with Gasteiger partial charge in [-0.3, -0.25) is 9.78 Å². The highest BCUT2D eigenvalue weighted by Gasteiger charge is 2.26. The second-order valence-corrected chi connectivity index (χ2v) is 9.00. The third kappa shape index (κ3) is 4.67. The summed E-state index contributed by atoms with van der Waals surface area (Å²) in [5.74, 6) is 6.77. The number of para-hydroxylation sites is 1. The monoisotopic (exact) mass is 512 g/mol. The zero-order valence-corrected chi connectivity index (χ0v) is 21.1. The topological polar surface area (TPSA) is 124 Å². The molecule has 9 heteroatoms. The van der Waals surface area contributed by atoms with Gasteiger partial charge in [0, 0.05) is 36.3 Å². The molecule has 0 radical (unpaired) electrons. The van der Waals surface area contributed by atoms with E-state index in [1.54, 1.807) is 23.3 Å². The Morgan fingerprint density at radius 3 is 2.69 bits per heavy atom. The number of nitrogens with two attached hydrogens (primary N) is 1. The summed E-state index contributed by atoms with van der Waals surface area (Å²) in [5.41, 5.74) is 11.6. The Morgan fingerprint density at radius 1 is 1.05 bits per heavy atom. The molecule has 3 aromatic heterocycles. The molecule has 1 amide bonds. The third-order valence-electron chi connectivity index (χ3n) is 6.35. The number of carbonyl (C=O) groups is 1. The number of hydrogen-bond donors (Lipinski definition) is 3. The maximum absolute atomic E-state index is 13.4. The third-order valence-corrected chi connectivity index (χ3v) is 6.35.